The Hall–Kier alpha value is -2.62. The molecule has 10 heteroatoms. The van der Waals surface area contributed by atoms with Crippen LogP contribution in [0.4, 0.5) is 0 Å². The SMILES string of the molecule is COc1ccc(OC)c(S(=O)(=O)N(C)Cc2nc(-c3ccc(Cl)cc3)no2)c1. The van der Waals surface area contributed by atoms with Crippen LogP contribution in [-0.4, -0.2) is 44.1 Å². The normalized spacial score (nSPS) is 11.6. The molecule has 0 amide bonds. The topological polar surface area (TPSA) is 94.8 Å². The average Bonchev–Trinajstić information content (AvgIpc) is 3.16. The summed E-state index contributed by atoms with van der Waals surface area (Å²) in [5, 5.41) is 4.48. The van der Waals surface area contributed by atoms with Gasteiger partial charge in [0, 0.05) is 23.7 Å². The molecule has 0 bridgehead atoms. The zero-order valence-corrected chi connectivity index (χ0v) is 17.0. The number of benzene rings is 2. The molecule has 0 N–H and O–H groups in total. The third-order valence-corrected chi connectivity index (χ3v) is 6.06. The van der Waals surface area contributed by atoms with Crippen LogP contribution >= 0.6 is 11.6 Å². The molecule has 1 aromatic heterocycles. The summed E-state index contributed by atoms with van der Waals surface area (Å²) < 4.78 is 42.6. The number of rotatable bonds is 7. The maximum absolute atomic E-state index is 13.0. The van der Waals surface area contributed by atoms with E-state index in [1.807, 2.05) is 0 Å². The van der Waals surface area contributed by atoms with Gasteiger partial charge in [-0.15, -0.1) is 0 Å². The highest BCUT2D eigenvalue weighted by Crippen LogP contribution is 2.30. The van der Waals surface area contributed by atoms with Crippen LogP contribution in [0.2, 0.25) is 5.02 Å². The van der Waals surface area contributed by atoms with Gasteiger partial charge in [-0.05, 0) is 36.4 Å². The predicted molar refractivity (Wildman–Crippen MR) is 103 cm³/mol. The maximum Gasteiger partial charge on any atom is 0.247 e. The first-order valence-corrected chi connectivity index (χ1v) is 9.94. The summed E-state index contributed by atoms with van der Waals surface area (Å²) in [6.07, 6.45) is 0. The minimum Gasteiger partial charge on any atom is -0.497 e. The summed E-state index contributed by atoms with van der Waals surface area (Å²) >= 11 is 5.87. The lowest BCUT2D eigenvalue weighted by Gasteiger charge is -2.17. The summed E-state index contributed by atoms with van der Waals surface area (Å²) in [5.41, 5.74) is 0.708. The van der Waals surface area contributed by atoms with E-state index in [0.717, 1.165) is 4.31 Å². The molecular formula is C18H18ClN3O5S. The highest BCUT2D eigenvalue weighted by atomic mass is 35.5. The summed E-state index contributed by atoms with van der Waals surface area (Å²) in [7, 11) is 0.384. The van der Waals surface area contributed by atoms with Crippen molar-refractivity contribution in [3.05, 3.63) is 53.4 Å². The van der Waals surface area contributed by atoms with Crippen molar-refractivity contribution < 1.29 is 22.4 Å². The first-order chi connectivity index (χ1) is 13.3. The molecule has 0 atom stereocenters. The minimum absolute atomic E-state index is 0.0192. The monoisotopic (exact) mass is 423 g/mol. The molecule has 0 saturated heterocycles. The Bertz CT molecular complexity index is 1070. The Balaban J connectivity index is 1.84. The maximum atomic E-state index is 13.0. The number of halogens is 1. The van der Waals surface area contributed by atoms with Crippen molar-refractivity contribution in [3.63, 3.8) is 0 Å². The van der Waals surface area contributed by atoms with Gasteiger partial charge in [-0.2, -0.15) is 9.29 Å². The van der Waals surface area contributed by atoms with E-state index in [-0.39, 0.29) is 23.1 Å². The van der Waals surface area contributed by atoms with Gasteiger partial charge in [0.15, 0.2) is 0 Å². The van der Waals surface area contributed by atoms with Gasteiger partial charge in [0.1, 0.15) is 16.4 Å². The molecule has 0 aliphatic heterocycles. The third-order valence-electron chi connectivity index (χ3n) is 3.99. The summed E-state index contributed by atoms with van der Waals surface area (Å²) in [4.78, 5) is 4.23. The fourth-order valence-electron chi connectivity index (χ4n) is 2.46. The van der Waals surface area contributed by atoms with E-state index in [4.69, 9.17) is 25.6 Å². The molecule has 8 nitrogen and oxygen atoms in total. The molecule has 148 valence electrons. The van der Waals surface area contributed by atoms with Crippen LogP contribution in [0.15, 0.2) is 51.9 Å². The number of ether oxygens (including phenoxy) is 2. The van der Waals surface area contributed by atoms with Gasteiger partial charge < -0.3 is 14.0 Å². The second kappa shape index (κ2) is 8.17. The quantitative estimate of drug-likeness (QED) is 0.575. The van der Waals surface area contributed by atoms with Gasteiger partial charge >= 0.3 is 0 Å². The Morgan fingerprint density at radius 3 is 2.46 bits per heavy atom. The summed E-state index contributed by atoms with van der Waals surface area (Å²) in [6, 6.07) is 11.5. The average molecular weight is 424 g/mol. The molecule has 0 unspecified atom stereocenters. The lowest BCUT2D eigenvalue weighted by molar-refractivity contribution is 0.335. The Labute approximate surface area is 167 Å². The Morgan fingerprint density at radius 1 is 1.11 bits per heavy atom. The van der Waals surface area contributed by atoms with Gasteiger partial charge in [0.2, 0.25) is 21.7 Å². The zero-order valence-electron chi connectivity index (χ0n) is 15.4. The van der Waals surface area contributed by atoms with E-state index >= 15 is 0 Å². The first-order valence-electron chi connectivity index (χ1n) is 8.12. The van der Waals surface area contributed by atoms with Crippen LogP contribution in [0.5, 0.6) is 11.5 Å². The molecule has 28 heavy (non-hydrogen) atoms. The second-order valence-corrected chi connectivity index (χ2v) is 8.25. The smallest absolute Gasteiger partial charge is 0.247 e. The van der Waals surface area contributed by atoms with E-state index in [1.165, 1.54) is 33.4 Å². The first kappa shape index (κ1) is 20.1. The molecule has 2 aromatic carbocycles. The van der Waals surface area contributed by atoms with Crippen molar-refractivity contribution in [2.45, 2.75) is 11.4 Å². The van der Waals surface area contributed by atoms with Crippen LogP contribution in [0.25, 0.3) is 11.4 Å². The molecular weight excluding hydrogens is 406 g/mol. The third kappa shape index (κ3) is 4.11. The number of hydrogen-bond acceptors (Lipinski definition) is 7. The van der Waals surface area contributed by atoms with Crippen molar-refractivity contribution in [2.75, 3.05) is 21.3 Å². The number of aromatic nitrogens is 2. The van der Waals surface area contributed by atoms with Crippen molar-refractivity contribution in [3.8, 4) is 22.9 Å². The van der Waals surface area contributed by atoms with Crippen molar-refractivity contribution in [1.82, 2.24) is 14.4 Å². The summed E-state index contributed by atoms with van der Waals surface area (Å²) in [6.45, 7) is -0.108. The zero-order chi connectivity index (χ0) is 20.3. The van der Waals surface area contributed by atoms with Crippen LogP contribution in [0.1, 0.15) is 5.89 Å². The predicted octanol–water partition coefficient (Wildman–Crippen LogP) is 3.23. The molecule has 0 radical (unpaired) electrons. The standard InChI is InChI=1S/C18H18ClN3O5S/c1-22(28(23,24)16-10-14(25-2)8-9-15(16)26-3)11-17-20-18(21-27-17)12-4-6-13(19)7-5-12/h4-10H,11H2,1-3H3. The molecule has 3 rings (SSSR count). The van der Waals surface area contributed by atoms with E-state index in [2.05, 4.69) is 10.1 Å². The number of nitrogens with zero attached hydrogens (tertiary/aromatic N) is 3. The van der Waals surface area contributed by atoms with Crippen LogP contribution in [0, 0.1) is 0 Å². The molecule has 3 aromatic rings. The van der Waals surface area contributed by atoms with Gasteiger partial charge in [-0.1, -0.05) is 16.8 Å². The molecule has 0 fully saturated rings. The fourth-order valence-corrected chi connectivity index (χ4v) is 3.88. The van der Waals surface area contributed by atoms with E-state index in [1.54, 1.807) is 30.3 Å². The highest BCUT2D eigenvalue weighted by Gasteiger charge is 2.27. The van der Waals surface area contributed by atoms with Crippen molar-refractivity contribution >= 4 is 21.6 Å². The van der Waals surface area contributed by atoms with E-state index in [9.17, 15) is 8.42 Å². The molecule has 0 spiro atoms. The largest absolute Gasteiger partial charge is 0.497 e. The van der Waals surface area contributed by atoms with Crippen molar-refractivity contribution in [1.29, 1.82) is 0 Å². The molecule has 0 saturated carbocycles. The number of hydrogen-bond donors (Lipinski definition) is 0. The van der Waals surface area contributed by atoms with Gasteiger partial charge in [0.05, 0.1) is 20.8 Å². The lowest BCUT2D eigenvalue weighted by atomic mass is 10.2. The summed E-state index contributed by atoms with van der Waals surface area (Å²) in [5.74, 6) is 1.10. The van der Waals surface area contributed by atoms with Gasteiger partial charge in [-0.25, -0.2) is 8.42 Å². The molecule has 0 aliphatic carbocycles. The van der Waals surface area contributed by atoms with E-state index in [0.29, 0.717) is 22.2 Å². The Morgan fingerprint density at radius 2 is 1.82 bits per heavy atom. The number of sulfonamides is 1. The highest BCUT2D eigenvalue weighted by molar-refractivity contribution is 7.89. The van der Waals surface area contributed by atoms with E-state index < -0.39 is 10.0 Å². The Kier molecular flexibility index (Phi) is 5.87. The fraction of sp³-hybridized carbons (Fsp3) is 0.222. The second-order valence-electron chi connectivity index (χ2n) is 5.80. The van der Waals surface area contributed by atoms with Crippen LogP contribution in [0.3, 0.4) is 0 Å². The van der Waals surface area contributed by atoms with Crippen molar-refractivity contribution in [2.24, 2.45) is 0 Å². The van der Waals surface area contributed by atoms with Gasteiger partial charge in [0.25, 0.3) is 0 Å². The lowest BCUT2D eigenvalue weighted by Crippen LogP contribution is -2.27. The number of methoxy groups -OCH3 is 2. The van der Waals surface area contributed by atoms with Crippen LogP contribution < -0.4 is 9.47 Å². The minimum atomic E-state index is -3.89. The molecule has 1 heterocycles. The molecule has 0 aliphatic rings. The van der Waals surface area contributed by atoms with Crippen LogP contribution in [-0.2, 0) is 16.6 Å². The van der Waals surface area contributed by atoms with Gasteiger partial charge in [-0.3, -0.25) is 0 Å².